The molecule has 0 aliphatic carbocycles. The number of likely N-dealkylation sites (N-methyl/N-ethyl adjacent to an activating group) is 1. The van der Waals surface area contributed by atoms with Gasteiger partial charge in [0.2, 0.25) is 0 Å². The summed E-state index contributed by atoms with van der Waals surface area (Å²) in [6.45, 7) is 17.0. The minimum absolute atomic E-state index is 0. The number of aliphatic hydroxyl groups excluding tert-OH is 1. The molecule has 6 heterocycles. The summed E-state index contributed by atoms with van der Waals surface area (Å²) in [6.07, 6.45) is -0.0443. The van der Waals surface area contributed by atoms with Crippen LogP contribution in [-0.2, 0) is 54.2 Å². The molecule has 0 aromatic carbocycles. The van der Waals surface area contributed by atoms with Crippen molar-refractivity contribution in [2.24, 2.45) is 23.7 Å². The quantitative estimate of drug-likeness (QED) is 0.149. The summed E-state index contributed by atoms with van der Waals surface area (Å²) in [5.41, 5.74) is 0.106. The zero-order chi connectivity index (χ0) is 50.7. The number of hydrogen-bond donors (Lipinski definition) is 4. The van der Waals surface area contributed by atoms with Gasteiger partial charge in [-0.15, -0.1) is 0 Å². The Bertz CT molecular complexity index is 2230. The van der Waals surface area contributed by atoms with Crippen LogP contribution < -0.4 is 0 Å². The molecule has 2 aromatic rings. The molecule has 0 unspecified atom stereocenters. The Morgan fingerprint density at radius 1 is 0.985 bits per heavy atom. The molecule has 0 radical (unpaired) electrons. The van der Waals surface area contributed by atoms with Crippen molar-refractivity contribution in [2.75, 3.05) is 34.3 Å². The van der Waals surface area contributed by atoms with Crippen LogP contribution in [0.4, 0.5) is 4.79 Å². The van der Waals surface area contributed by atoms with Gasteiger partial charge in [-0.1, -0.05) is 27.7 Å². The second-order valence-corrected chi connectivity index (χ2v) is 19.4. The van der Waals surface area contributed by atoms with E-state index in [1.807, 2.05) is 45.8 Å². The molecule has 0 saturated carbocycles. The number of carbonyl (C=O) groups excluding carboxylic acids is 4. The van der Waals surface area contributed by atoms with Gasteiger partial charge in [-0.05, 0) is 79.6 Å². The van der Waals surface area contributed by atoms with Crippen LogP contribution in [0.3, 0.4) is 0 Å². The van der Waals surface area contributed by atoms with Gasteiger partial charge in [-0.3, -0.25) is 34.2 Å². The lowest BCUT2D eigenvalue weighted by molar-refractivity contribution is -0.295. The zero-order valence-corrected chi connectivity index (χ0v) is 41.1. The Labute approximate surface area is 398 Å². The molecule has 20 nitrogen and oxygen atoms in total. The highest BCUT2D eigenvalue weighted by Crippen LogP contribution is 2.45. The van der Waals surface area contributed by atoms with E-state index in [2.05, 4.69) is 14.9 Å². The number of hydrogen-bond acceptors (Lipinski definition) is 17. The minimum atomic E-state index is -1.46. The molecule has 4 aliphatic rings. The van der Waals surface area contributed by atoms with E-state index in [-0.39, 0.29) is 44.0 Å². The third-order valence-electron chi connectivity index (χ3n) is 14.2. The number of amides is 1. The summed E-state index contributed by atoms with van der Waals surface area (Å²) >= 11 is 0. The molecule has 20 heteroatoms. The first kappa shape index (κ1) is 53.8. The van der Waals surface area contributed by atoms with Crippen LogP contribution in [0.15, 0.2) is 30.6 Å². The average Bonchev–Trinajstić information content (AvgIpc) is 3.53. The Morgan fingerprint density at radius 2 is 1.62 bits per heavy atom. The topological polar surface area (TPSA) is 265 Å². The molecule has 0 spiro atoms. The van der Waals surface area contributed by atoms with Crippen molar-refractivity contribution in [1.29, 1.82) is 0 Å². The number of carboxylic acid groups (broad SMARTS) is 2. The number of aromatic nitrogens is 2. The highest BCUT2D eigenvalue weighted by atomic mass is 16.7. The fourth-order valence-corrected chi connectivity index (χ4v) is 10.4. The minimum Gasteiger partial charge on any atom is -0.506 e. The van der Waals surface area contributed by atoms with E-state index in [0.29, 0.717) is 54.8 Å². The van der Waals surface area contributed by atoms with Crippen molar-refractivity contribution >= 4 is 46.6 Å². The molecule has 4 saturated heterocycles. The number of ketones is 2. The molecule has 4 N–H and O–H groups in total. The standard InChI is InChI=1S/C44H65N5O11.C4H4O4.H2/c1-13-32-44(9)38(49(42(55)60-44)28-19-48(20-28)21-29-31(50)18-46-33-22(2)14-15-45-34(29)33)25(5)35(51)23(3)17-43(8,56-12)39(26(6)36(52)27(7)40(54)58-32)59-41-37(53)30(47(10)11)16-24(4)57-41;5-3(6)1-2-4(7)8;/h14-15,18,23-28,30,32,37-39,41,50,53H,13,16-17,19-21H2,1-12H3;1-2H,(H,5,6)(H,7,8);1H/b;2-1+;/t23-,24-,25+,26+,27-,30+,32-,37-,38-,39-,41+,43-,44-;;/m1../s1. The van der Waals surface area contributed by atoms with Gasteiger partial charge in [-0.25, -0.2) is 14.4 Å². The number of carboxylic acids is 2. The molecule has 0 bridgehead atoms. The summed E-state index contributed by atoms with van der Waals surface area (Å²) in [4.78, 5) is 91.0. The second kappa shape index (κ2) is 21.7. The first-order valence-electron chi connectivity index (χ1n) is 23.1. The van der Waals surface area contributed by atoms with Crippen LogP contribution in [0, 0.1) is 30.6 Å². The van der Waals surface area contributed by atoms with Crippen molar-refractivity contribution in [3.05, 3.63) is 41.7 Å². The predicted molar refractivity (Wildman–Crippen MR) is 246 cm³/mol. The van der Waals surface area contributed by atoms with Crippen molar-refractivity contribution in [3.63, 3.8) is 0 Å². The monoisotopic (exact) mass is 957 g/mol. The molecule has 378 valence electrons. The Hall–Kier alpha value is -5.12. The lowest BCUT2D eigenvalue weighted by Crippen LogP contribution is -2.65. The number of methoxy groups -OCH3 is 1. The van der Waals surface area contributed by atoms with Crippen LogP contribution in [-0.4, -0.2) is 175 Å². The number of nitrogens with zero attached hydrogens (tertiary/aromatic N) is 5. The number of aliphatic carboxylic acids is 2. The van der Waals surface area contributed by atoms with E-state index in [1.165, 1.54) is 20.2 Å². The van der Waals surface area contributed by atoms with Gasteiger partial charge < -0.3 is 49.0 Å². The number of carbonyl (C=O) groups is 6. The van der Waals surface area contributed by atoms with Gasteiger partial charge in [0.15, 0.2) is 17.7 Å². The van der Waals surface area contributed by atoms with Gasteiger partial charge in [0.05, 0.1) is 47.1 Å². The maximum absolute atomic E-state index is 14.9. The molecule has 68 heavy (non-hydrogen) atoms. The number of ether oxygens (including phenoxy) is 5. The molecule has 6 rings (SSSR count). The van der Waals surface area contributed by atoms with Gasteiger partial charge in [0.1, 0.15) is 29.7 Å². The number of pyridine rings is 2. The number of likely N-dealkylation sites (tertiary alicyclic amines) is 1. The Balaban J connectivity index is 0.00000106. The fourth-order valence-electron chi connectivity index (χ4n) is 10.4. The Kier molecular flexibility index (Phi) is 17.2. The van der Waals surface area contributed by atoms with E-state index in [9.17, 15) is 39.0 Å². The van der Waals surface area contributed by atoms with Gasteiger partial charge in [0, 0.05) is 75.9 Å². The molecule has 13 atom stereocenters. The summed E-state index contributed by atoms with van der Waals surface area (Å²) in [5, 5.41) is 37.9. The third kappa shape index (κ3) is 11.2. The summed E-state index contributed by atoms with van der Waals surface area (Å²) in [7, 11) is 5.22. The second-order valence-electron chi connectivity index (χ2n) is 19.4. The predicted octanol–water partition coefficient (Wildman–Crippen LogP) is 3.99. The number of aryl methyl sites for hydroxylation is 1. The van der Waals surface area contributed by atoms with Gasteiger partial charge in [-0.2, -0.15) is 0 Å². The van der Waals surface area contributed by atoms with Crippen LogP contribution in [0.2, 0.25) is 0 Å². The van der Waals surface area contributed by atoms with Crippen molar-refractivity contribution < 1.29 is 74.3 Å². The maximum atomic E-state index is 14.9. The van der Waals surface area contributed by atoms with E-state index in [1.54, 1.807) is 45.7 Å². The van der Waals surface area contributed by atoms with E-state index >= 15 is 0 Å². The smallest absolute Gasteiger partial charge is 0.411 e. The third-order valence-corrected chi connectivity index (χ3v) is 14.2. The van der Waals surface area contributed by atoms with E-state index < -0.39 is 95.3 Å². The van der Waals surface area contributed by atoms with Crippen LogP contribution >= 0.6 is 0 Å². The number of aliphatic hydroxyl groups is 1. The SMILES string of the molecule is CC[C@H]1OC(=O)[C@H](C)C(=O)[C@H](C)[C@@H](O[C@@H]2O[C@H](C)C[C@H](N(C)C)[C@H]2O)[C@](C)(OC)C[C@@H](C)C(=O)[C@H](C)[C@H]2N(C3CN(Cc4c(O)cnc5c(C)ccnc45)C3)C(=O)O[C@]12C.O=C(O)/C=C/C(=O)O.[HH]. The Morgan fingerprint density at radius 3 is 2.19 bits per heavy atom. The first-order chi connectivity index (χ1) is 31.8. The van der Waals surface area contributed by atoms with Gasteiger partial charge in [0.25, 0.3) is 0 Å². The molecule has 4 aliphatic heterocycles. The number of aromatic hydroxyl groups is 1. The van der Waals surface area contributed by atoms with Crippen LogP contribution in [0.5, 0.6) is 5.75 Å². The number of esters is 1. The van der Waals surface area contributed by atoms with E-state index in [0.717, 1.165) is 5.56 Å². The summed E-state index contributed by atoms with van der Waals surface area (Å²) in [6, 6.07) is 0.346. The number of fused-ring (bicyclic) bond motifs is 2. The number of cyclic esters (lactones) is 1. The first-order valence-corrected chi connectivity index (χ1v) is 23.1. The fraction of sp³-hybridized carbons (Fsp3) is 0.667. The lowest BCUT2D eigenvalue weighted by atomic mass is 9.73. The average molecular weight is 958 g/mol. The summed E-state index contributed by atoms with van der Waals surface area (Å²) < 4.78 is 31.4. The number of Topliss-reactive ketones (excluding diaryl/α,β-unsaturated/α-hetero) is 2. The molecule has 4 fully saturated rings. The highest BCUT2D eigenvalue weighted by molar-refractivity contribution is 6.00. The molecule has 2 aromatic heterocycles. The number of rotatable bonds is 10. The van der Waals surface area contributed by atoms with Gasteiger partial charge >= 0.3 is 24.0 Å². The lowest BCUT2D eigenvalue weighted by Gasteiger charge is -2.48. The normalized spacial score (nSPS) is 34.4. The van der Waals surface area contributed by atoms with Crippen molar-refractivity contribution in [1.82, 2.24) is 24.7 Å². The maximum Gasteiger partial charge on any atom is 0.411 e. The highest BCUT2D eigenvalue weighted by Gasteiger charge is 2.62. The molecular weight excluding hydrogens is 887 g/mol. The summed E-state index contributed by atoms with van der Waals surface area (Å²) in [5.74, 6) is -7.64. The van der Waals surface area contributed by atoms with Crippen LogP contribution in [0.1, 0.15) is 87.2 Å². The van der Waals surface area contributed by atoms with Crippen molar-refractivity contribution in [2.45, 2.75) is 148 Å². The molecular formula is C48H71N5O15. The largest absolute Gasteiger partial charge is 0.506 e. The zero-order valence-electron chi connectivity index (χ0n) is 41.1. The van der Waals surface area contributed by atoms with Crippen molar-refractivity contribution in [3.8, 4) is 5.75 Å². The molecule has 1 amide bonds. The van der Waals surface area contributed by atoms with E-state index in [4.69, 9.17) is 33.9 Å². The van der Waals surface area contributed by atoms with Crippen LogP contribution in [0.25, 0.3) is 11.0 Å².